The maximum atomic E-state index is 12.6. The average Bonchev–Trinajstić information content (AvgIpc) is 2.59. The van der Waals surface area contributed by atoms with Gasteiger partial charge >= 0.3 is 0 Å². The maximum Gasteiger partial charge on any atom is 0.241 e. The lowest BCUT2D eigenvalue weighted by atomic mass is 9.98. The molecule has 0 aromatic rings. The van der Waals surface area contributed by atoms with Crippen molar-refractivity contribution in [3.8, 4) is 0 Å². The molecular formula is C15H30N2O. The van der Waals surface area contributed by atoms with Crippen molar-refractivity contribution in [2.75, 3.05) is 0 Å². The van der Waals surface area contributed by atoms with Crippen molar-refractivity contribution in [2.45, 2.75) is 79.1 Å². The van der Waals surface area contributed by atoms with E-state index in [2.05, 4.69) is 51.8 Å². The topological polar surface area (TPSA) is 32.3 Å². The molecule has 106 valence electrons. The third-order valence-electron chi connectivity index (χ3n) is 4.00. The fraction of sp³-hybridized carbons (Fsp3) is 0.933. The largest absolute Gasteiger partial charge is 0.323 e. The van der Waals surface area contributed by atoms with E-state index in [9.17, 15) is 4.79 Å². The van der Waals surface area contributed by atoms with E-state index in [4.69, 9.17) is 0 Å². The van der Waals surface area contributed by atoms with Crippen LogP contribution in [0.4, 0.5) is 0 Å². The van der Waals surface area contributed by atoms with Gasteiger partial charge in [-0.05, 0) is 24.7 Å². The van der Waals surface area contributed by atoms with E-state index in [0.717, 1.165) is 19.3 Å². The molecule has 3 heteroatoms. The second-order valence-corrected chi connectivity index (χ2v) is 6.16. The summed E-state index contributed by atoms with van der Waals surface area (Å²) in [6.45, 7) is 13.0. The summed E-state index contributed by atoms with van der Waals surface area (Å²) >= 11 is 0. The molecule has 18 heavy (non-hydrogen) atoms. The first-order valence-electron chi connectivity index (χ1n) is 7.52. The van der Waals surface area contributed by atoms with E-state index in [-0.39, 0.29) is 12.2 Å². The summed E-state index contributed by atoms with van der Waals surface area (Å²) in [4.78, 5) is 14.7. The van der Waals surface area contributed by atoms with Gasteiger partial charge < -0.3 is 4.90 Å². The van der Waals surface area contributed by atoms with Crippen molar-refractivity contribution in [1.29, 1.82) is 0 Å². The molecule has 0 aromatic carbocycles. The Labute approximate surface area is 112 Å². The molecule has 0 radical (unpaired) electrons. The average molecular weight is 254 g/mol. The van der Waals surface area contributed by atoms with Crippen molar-refractivity contribution >= 4 is 5.91 Å². The van der Waals surface area contributed by atoms with E-state index in [0.29, 0.717) is 23.8 Å². The Kier molecular flexibility index (Phi) is 5.64. The summed E-state index contributed by atoms with van der Waals surface area (Å²) in [5, 5.41) is 3.54. The van der Waals surface area contributed by atoms with Gasteiger partial charge in [0, 0.05) is 6.04 Å². The molecule has 1 aliphatic rings. The monoisotopic (exact) mass is 254 g/mol. The Bertz CT molecular complexity index is 276. The summed E-state index contributed by atoms with van der Waals surface area (Å²) in [6, 6.07) is 0.375. The van der Waals surface area contributed by atoms with Crippen molar-refractivity contribution in [3.05, 3.63) is 0 Å². The van der Waals surface area contributed by atoms with Crippen LogP contribution in [0.15, 0.2) is 0 Å². The molecule has 1 fully saturated rings. The number of hydrogen-bond donors (Lipinski definition) is 1. The molecule has 3 atom stereocenters. The highest BCUT2D eigenvalue weighted by molar-refractivity contribution is 5.85. The minimum atomic E-state index is 0.00866. The summed E-state index contributed by atoms with van der Waals surface area (Å²) in [7, 11) is 0. The highest BCUT2D eigenvalue weighted by atomic mass is 16.2. The van der Waals surface area contributed by atoms with Crippen LogP contribution < -0.4 is 5.32 Å². The van der Waals surface area contributed by atoms with E-state index in [1.54, 1.807) is 0 Å². The first-order valence-corrected chi connectivity index (χ1v) is 7.52. The number of nitrogens with one attached hydrogen (secondary N) is 1. The Morgan fingerprint density at radius 2 is 1.83 bits per heavy atom. The normalized spacial score (nSPS) is 26.4. The smallest absolute Gasteiger partial charge is 0.241 e. The van der Waals surface area contributed by atoms with Gasteiger partial charge in [0.05, 0.1) is 12.2 Å². The molecule has 0 spiro atoms. The van der Waals surface area contributed by atoms with E-state index in [1.165, 1.54) is 0 Å². The van der Waals surface area contributed by atoms with Crippen LogP contribution in [-0.4, -0.2) is 29.1 Å². The maximum absolute atomic E-state index is 12.6. The standard InChI is InChI=1S/C15H30N2O/c1-7-9-13-16-14(11(5)6)15(18)17(13)12(8-2)10(3)4/h10-14,16H,7-9H2,1-6H3. The number of carbonyl (C=O) groups excluding carboxylic acids is 1. The molecule has 0 bridgehead atoms. The molecule has 1 aliphatic heterocycles. The molecule has 3 nitrogen and oxygen atoms in total. The van der Waals surface area contributed by atoms with E-state index < -0.39 is 0 Å². The van der Waals surface area contributed by atoms with Crippen LogP contribution >= 0.6 is 0 Å². The van der Waals surface area contributed by atoms with Crippen molar-refractivity contribution in [2.24, 2.45) is 11.8 Å². The van der Waals surface area contributed by atoms with Crippen molar-refractivity contribution in [3.63, 3.8) is 0 Å². The Hall–Kier alpha value is -0.570. The molecule has 3 unspecified atom stereocenters. The predicted molar refractivity (Wildman–Crippen MR) is 76.2 cm³/mol. The van der Waals surface area contributed by atoms with Crippen LogP contribution in [0.3, 0.4) is 0 Å². The third kappa shape index (κ3) is 3.05. The Balaban J connectivity index is 2.92. The number of nitrogens with zero attached hydrogens (tertiary/aromatic N) is 1. The highest BCUT2D eigenvalue weighted by Gasteiger charge is 2.43. The fourth-order valence-electron chi connectivity index (χ4n) is 3.03. The summed E-state index contributed by atoms with van der Waals surface area (Å²) in [6.07, 6.45) is 3.44. The quantitative estimate of drug-likeness (QED) is 0.790. The van der Waals surface area contributed by atoms with Crippen molar-refractivity contribution < 1.29 is 4.79 Å². The van der Waals surface area contributed by atoms with Gasteiger partial charge in [-0.25, -0.2) is 0 Å². The zero-order valence-electron chi connectivity index (χ0n) is 12.9. The van der Waals surface area contributed by atoms with Gasteiger partial charge in [-0.3, -0.25) is 10.1 Å². The van der Waals surface area contributed by atoms with Gasteiger partial charge in [0.2, 0.25) is 5.91 Å². The van der Waals surface area contributed by atoms with Crippen LogP contribution in [0.2, 0.25) is 0 Å². The number of carbonyl (C=O) groups is 1. The number of rotatable bonds is 6. The minimum Gasteiger partial charge on any atom is -0.323 e. The zero-order valence-corrected chi connectivity index (χ0v) is 12.9. The van der Waals surface area contributed by atoms with Gasteiger partial charge in [-0.1, -0.05) is 48.0 Å². The molecule has 1 rings (SSSR count). The zero-order chi connectivity index (χ0) is 13.9. The van der Waals surface area contributed by atoms with Crippen molar-refractivity contribution in [1.82, 2.24) is 10.2 Å². The fourth-order valence-corrected chi connectivity index (χ4v) is 3.03. The number of hydrogen-bond acceptors (Lipinski definition) is 2. The van der Waals surface area contributed by atoms with Crippen LogP contribution in [0.1, 0.15) is 60.8 Å². The molecule has 0 aromatic heterocycles. The Morgan fingerprint density at radius 3 is 2.22 bits per heavy atom. The summed E-state index contributed by atoms with van der Waals surface area (Å²) in [5.41, 5.74) is 0. The second-order valence-electron chi connectivity index (χ2n) is 6.16. The first kappa shape index (κ1) is 15.5. The summed E-state index contributed by atoms with van der Waals surface area (Å²) < 4.78 is 0. The molecule has 1 N–H and O–H groups in total. The van der Waals surface area contributed by atoms with E-state index in [1.807, 2.05) is 0 Å². The second kappa shape index (κ2) is 6.55. The molecular weight excluding hydrogens is 224 g/mol. The third-order valence-corrected chi connectivity index (χ3v) is 4.00. The highest BCUT2D eigenvalue weighted by Crippen LogP contribution is 2.26. The first-order chi connectivity index (χ1) is 8.43. The lowest BCUT2D eigenvalue weighted by Crippen LogP contribution is -2.46. The van der Waals surface area contributed by atoms with Gasteiger partial charge in [0.1, 0.15) is 0 Å². The van der Waals surface area contributed by atoms with Crippen LogP contribution in [0.25, 0.3) is 0 Å². The van der Waals surface area contributed by atoms with Gasteiger partial charge in [0.15, 0.2) is 0 Å². The molecule has 1 saturated heterocycles. The molecule has 1 heterocycles. The Morgan fingerprint density at radius 1 is 1.22 bits per heavy atom. The van der Waals surface area contributed by atoms with Gasteiger partial charge in [-0.2, -0.15) is 0 Å². The molecule has 0 saturated carbocycles. The van der Waals surface area contributed by atoms with Gasteiger partial charge in [-0.15, -0.1) is 0 Å². The van der Waals surface area contributed by atoms with Crippen LogP contribution in [0, 0.1) is 11.8 Å². The lowest BCUT2D eigenvalue weighted by molar-refractivity contribution is -0.134. The number of amides is 1. The lowest BCUT2D eigenvalue weighted by Gasteiger charge is -2.34. The minimum absolute atomic E-state index is 0.00866. The molecule has 1 amide bonds. The van der Waals surface area contributed by atoms with E-state index >= 15 is 0 Å². The summed E-state index contributed by atoms with van der Waals surface area (Å²) in [5.74, 6) is 1.20. The van der Waals surface area contributed by atoms with Crippen LogP contribution in [0.5, 0.6) is 0 Å². The van der Waals surface area contributed by atoms with Gasteiger partial charge in [0.25, 0.3) is 0 Å². The van der Waals surface area contributed by atoms with Crippen LogP contribution in [-0.2, 0) is 4.79 Å². The predicted octanol–water partition coefficient (Wildman–Crippen LogP) is 3.00. The molecule has 0 aliphatic carbocycles. The SMILES string of the molecule is CCCC1NC(C(C)C)C(=O)N1C(CC)C(C)C.